The van der Waals surface area contributed by atoms with Crippen LogP contribution in [0.3, 0.4) is 0 Å². The van der Waals surface area contributed by atoms with Crippen LogP contribution in [-0.2, 0) is 13.0 Å². The van der Waals surface area contributed by atoms with E-state index >= 15 is 0 Å². The van der Waals surface area contributed by atoms with E-state index in [-0.39, 0.29) is 0 Å². The number of anilines is 1. The minimum atomic E-state index is 0.711. The van der Waals surface area contributed by atoms with Crippen molar-refractivity contribution >= 4 is 56.1 Å². The molecular weight excluding hydrogens is 443 g/mol. The smallest absolute Gasteiger partial charge is 0.244 e. The minimum absolute atomic E-state index is 0.711. The first-order valence-electron chi connectivity index (χ1n) is 11.5. The lowest BCUT2D eigenvalue weighted by molar-refractivity contribution is -0.522. The van der Waals surface area contributed by atoms with Crippen LogP contribution in [0.1, 0.15) is 63.0 Å². The monoisotopic (exact) mass is 473 g/mol. The number of rotatable bonds is 10. The number of hydrogen-bond acceptors (Lipinski definition) is 2. The maximum atomic E-state index is 6.46. The molecule has 0 radical (unpaired) electrons. The molecule has 0 saturated heterocycles. The van der Waals surface area contributed by atoms with Gasteiger partial charge in [-0.3, -0.25) is 0 Å². The molecule has 3 aromatic rings. The molecule has 0 N–H and O–H groups in total. The van der Waals surface area contributed by atoms with Gasteiger partial charge in [-0.05, 0) is 48.5 Å². The van der Waals surface area contributed by atoms with E-state index in [4.69, 9.17) is 23.2 Å². The summed E-state index contributed by atoms with van der Waals surface area (Å²) >= 11 is 14.8. The summed E-state index contributed by atoms with van der Waals surface area (Å²) in [4.78, 5) is 2.37. The quantitative estimate of drug-likeness (QED) is 0.212. The van der Waals surface area contributed by atoms with Crippen molar-refractivity contribution in [1.82, 2.24) is 0 Å². The molecule has 0 atom stereocenters. The van der Waals surface area contributed by atoms with E-state index in [2.05, 4.69) is 46.9 Å². The summed E-state index contributed by atoms with van der Waals surface area (Å²) in [5.41, 5.74) is 3.81. The van der Waals surface area contributed by atoms with Crippen LogP contribution in [0.5, 0.6) is 0 Å². The molecule has 31 heavy (non-hydrogen) atoms. The highest BCUT2D eigenvalue weighted by molar-refractivity contribution is 7.21. The molecule has 1 aliphatic rings. The lowest BCUT2D eigenvalue weighted by atomic mass is 10.0. The SMILES string of the molecule is CCCCCCCCCc1cccc2sc3[n+](c12)C=CCN3Cc1c(Cl)cccc1Cl. The maximum Gasteiger partial charge on any atom is 0.342 e. The van der Waals surface area contributed by atoms with Gasteiger partial charge in [-0.1, -0.05) is 86.8 Å². The van der Waals surface area contributed by atoms with Crippen molar-refractivity contribution in [3.05, 3.63) is 63.6 Å². The van der Waals surface area contributed by atoms with Crippen molar-refractivity contribution in [2.24, 2.45) is 0 Å². The molecule has 4 rings (SSSR count). The van der Waals surface area contributed by atoms with E-state index in [1.165, 1.54) is 65.9 Å². The maximum absolute atomic E-state index is 6.46. The Hall–Kier alpha value is -1.55. The molecule has 1 aliphatic heterocycles. The fraction of sp³-hybridized carbons (Fsp3) is 0.423. The molecule has 5 heteroatoms. The summed E-state index contributed by atoms with van der Waals surface area (Å²) in [5, 5.41) is 2.71. The average Bonchev–Trinajstić information content (AvgIpc) is 3.16. The largest absolute Gasteiger partial charge is 0.342 e. The number of unbranched alkanes of at least 4 members (excludes halogenated alkanes) is 6. The zero-order valence-corrected chi connectivity index (χ0v) is 20.6. The van der Waals surface area contributed by atoms with Gasteiger partial charge in [0.25, 0.3) is 0 Å². The third-order valence-electron chi connectivity index (χ3n) is 6.04. The van der Waals surface area contributed by atoms with Crippen molar-refractivity contribution in [1.29, 1.82) is 0 Å². The van der Waals surface area contributed by atoms with Crippen molar-refractivity contribution in [3.8, 4) is 0 Å². The number of fused-ring (bicyclic) bond motifs is 3. The molecule has 2 heterocycles. The Balaban J connectivity index is 1.52. The van der Waals surface area contributed by atoms with Crippen LogP contribution in [0.15, 0.2) is 42.5 Å². The zero-order valence-electron chi connectivity index (χ0n) is 18.2. The molecule has 0 saturated carbocycles. The molecule has 0 spiro atoms. The number of halogens is 2. The Morgan fingerprint density at radius 3 is 2.42 bits per heavy atom. The minimum Gasteiger partial charge on any atom is -0.244 e. The van der Waals surface area contributed by atoms with Gasteiger partial charge in [0.1, 0.15) is 13.1 Å². The second kappa shape index (κ2) is 10.8. The molecule has 0 unspecified atom stereocenters. The van der Waals surface area contributed by atoms with Crippen LogP contribution in [0.4, 0.5) is 5.13 Å². The van der Waals surface area contributed by atoms with Gasteiger partial charge < -0.3 is 0 Å². The molecule has 2 aromatic carbocycles. The molecule has 164 valence electrons. The number of para-hydroxylation sites is 1. The summed E-state index contributed by atoms with van der Waals surface area (Å²) in [5.74, 6) is 0. The second-order valence-electron chi connectivity index (χ2n) is 8.36. The summed E-state index contributed by atoms with van der Waals surface area (Å²) in [7, 11) is 0. The zero-order chi connectivity index (χ0) is 21.6. The van der Waals surface area contributed by atoms with E-state index in [9.17, 15) is 0 Å². The fourth-order valence-corrected chi connectivity index (χ4v) is 6.07. The van der Waals surface area contributed by atoms with Gasteiger partial charge in [-0.15, -0.1) is 0 Å². The number of benzene rings is 2. The Morgan fingerprint density at radius 2 is 1.65 bits per heavy atom. The van der Waals surface area contributed by atoms with Gasteiger partial charge in [0.05, 0.1) is 10.9 Å². The summed E-state index contributed by atoms with van der Waals surface area (Å²) in [6, 6.07) is 12.5. The van der Waals surface area contributed by atoms with Crippen LogP contribution < -0.4 is 9.47 Å². The predicted molar refractivity (Wildman–Crippen MR) is 137 cm³/mol. The van der Waals surface area contributed by atoms with Gasteiger partial charge >= 0.3 is 5.13 Å². The van der Waals surface area contributed by atoms with E-state index in [0.29, 0.717) is 6.54 Å². The van der Waals surface area contributed by atoms with Gasteiger partial charge in [-0.2, -0.15) is 4.57 Å². The molecule has 2 nitrogen and oxygen atoms in total. The molecule has 1 aromatic heterocycles. The first-order valence-corrected chi connectivity index (χ1v) is 13.1. The second-order valence-corrected chi connectivity index (χ2v) is 10.2. The van der Waals surface area contributed by atoms with Crippen molar-refractivity contribution in [2.45, 2.75) is 64.8 Å². The van der Waals surface area contributed by atoms with Crippen molar-refractivity contribution < 1.29 is 4.57 Å². The van der Waals surface area contributed by atoms with Crippen LogP contribution in [0.2, 0.25) is 10.0 Å². The highest BCUT2D eigenvalue weighted by atomic mass is 35.5. The van der Waals surface area contributed by atoms with E-state index in [0.717, 1.165) is 28.6 Å². The van der Waals surface area contributed by atoms with Gasteiger partial charge in [0, 0.05) is 21.2 Å². The average molecular weight is 475 g/mol. The number of aromatic nitrogens is 1. The number of nitrogens with zero attached hydrogens (tertiary/aromatic N) is 2. The van der Waals surface area contributed by atoms with E-state index in [1.807, 2.05) is 29.5 Å². The van der Waals surface area contributed by atoms with Crippen LogP contribution in [0.25, 0.3) is 16.4 Å². The number of aryl methyl sites for hydroxylation is 1. The molecule has 0 bridgehead atoms. The van der Waals surface area contributed by atoms with Gasteiger partial charge in [-0.25, -0.2) is 4.90 Å². The van der Waals surface area contributed by atoms with Crippen LogP contribution in [-0.4, -0.2) is 6.54 Å². The molecule has 0 fully saturated rings. The van der Waals surface area contributed by atoms with Crippen molar-refractivity contribution in [2.75, 3.05) is 11.4 Å². The highest BCUT2D eigenvalue weighted by Crippen LogP contribution is 2.34. The lowest BCUT2D eigenvalue weighted by Gasteiger charge is -2.19. The topological polar surface area (TPSA) is 7.12 Å². The third kappa shape index (κ3) is 5.27. The first-order chi connectivity index (χ1) is 15.2. The molecular formula is C26H31Cl2N2S+. The van der Waals surface area contributed by atoms with Gasteiger partial charge in [0.2, 0.25) is 0 Å². The van der Waals surface area contributed by atoms with Crippen LogP contribution in [0, 0.1) is 0 Å². The molecule has 0 amide bonds. The molecule has 0 aliphatic carbocycles. The fourth-order valence-electron chi connectivity index (χ4n) is 4.36. The number of thiazole rings is 1. The Bertz CT molecular complexity index is 1040. The normalized spacial score (nSPS) is 13.2. The van der Waals surface area contributed by atoms with Crippen molar-refractivity contribution in [3.63, 3.8) is 0 Å². The highest BCUT2D eigenvalue weighted by Gasteiger charge is 2.29. The number of hydrogen-bond donors (Lipinski definition) is 0. The third-order valence-corrected chi connectivity index (χ3v) is 7.94. The Labute approximate surface area is 200 Å². The van der Waals surface area contributed by atoms with E-state index in [1.54, 1.807) is 0 Å². The Morgan fingerprint density at radius 1 is 0.935 bits per heavy atom. The first kappa shape index (κ1) is 22.6. The van der Waals surface area contributed by atoms with Gasteiger partial charge in [0.15, 0.2) is 5.52 Å². The summed E-state index contributed by atoms with van der Waals surface area (Å²) in [6.45, 7) is 3.85. The lowest BCUT2D eigenvalue weighted by Crippen LogP contribution is -2.39. The standard InChI is InChI=1S/C26H31Cl2N2S/c1-2-3-4-5-6-7-8-12-20-13-9-16-24-25(20)30-18-11-17-29(26(30)31-24)19-21-22(27)14-10-15-23(21)28/h9-11,13-16,18H,2-8,12,17,19H2,1H3/q+1. The van der Waals surface area contributed by atoms with Crippen LogP contribution >= 0.6 is 34.5 Å². The Kier molecular flexibility index (Phi) is 7.92. The summed E-state index contributed by atoms with van der Waals surface area (Å²) < 4.78 is 3.71. The van der Waals surface area contributed by atoms with E-state index < -0.39 is 0 Å². The predicted octanol–water partition coefficient (Wildman–Crippen LogP) is 8.28. The summed E-state index contributed by atoms with van der Waals surface area (Å²) in [6.07, 6.45) is 15.0.